The van der Waals surface area contributed by atoms with Crippen molar-refractivity contribution >= 4 is 17.2 Å². The van der Waals surface area contributed by atoms with Crippen LogP contribution in [0.15, 0.2) is 29.6 Å². The molecule has 1 spiro atoms. The molecule has 2 atom stereocenters. The Bertz CT molecular complexity index is 929. The van der Waals surface area contributed by atoms with Crippen molar-refractivity contribution in [1.29, 1.82) is 0 Å². The second-order valence-electron chi connectivity index (χ2n) is 8.65. The number of amides is 1. The molecule has 0 bridgehead atoms. The van der Waals surface area contributed by atoms with Crippen LogP contribution in [0, 0.1) is 6.92 Å². The molecule has 1 N–H and O–H groups in total. The Kier molecular flexibility index (Phi) is 6.08. The van der Waals surface area contributed by atoms with Gasteiger partial charge >= 0.3 is 0 Å². The first-order valence-electron chi connectivity index (χ1n) is 11.1. The molecule has 166 valence electrons. The number of benzene rings is 1. The van der Waals surface area contributed by atoms with Gasteiger partial charge in [-0.1, -0.05) is 24.3 Å². The van der Waals surface area contributed by atoms with Gasteiger partial charge in [-0.25, -0.2) is 4.98 Å². The highest BCUT2D eigenvalue weighted by Gasteiger charge is 2.52. The molecule has 31 heavy (non-hydrogen) atoms. The summed E-state index contributed by atoms with van der Waals surface area (Å²) in [6.07, 6.45) is 0.256. The van der Waals surface area contributed by atoms with Crippen LogP contribution in [0.5, 0.6) is 0 Å². The predicted molar refractivity (Wildman–Crippen MR) is 119 cm³/mol. The van der Waals surface area contributed by atoms with Crippen LogP contribution in [-0.4, -0.2) is 72.8 Å². The largest absolute Gasteiger partial charge is 0.379 e. The molecule has 4 heterocycles. The molecule has 0 aliphatic carbocycles. The Morgan fingerprint density at radius 3 is 2.97 bits per heavy atom. The minimum atomic E-state index is -0.421. The van der Waals surface area contributed by atoms with E-state index in [1.54, 1.807) is 11.3 Å². The van der Waals surface area contributed by atoms with E-state index < -0.39 is 6.10 Å². The number of carbonyl (C=O) groups excluding carboxylic acids is 1. The molecule has 0 radical (unpaired) electrons. The van der Waals surface area contributed by atoms with Gasteiger partial charge in [0.1, 0.15) is 6.10 Å². The lowest BCUT2D eigenvalue weighted by molar-refractivity contribution is -0.130. The lowest BCUT2D eigenvalue weighted by atomic mass is 9.87. The number of rotatable bonds is 6. The van der Waals surface area contributed by atoms with Gasteiger partial charge in [0.15, 0.2) is 0 Å². The smallest absolute Gasteiger partial charge is 0.249 e. The number of hydrogen-bond acceptors (Lipinski definition) is 7. The Hall–Kier alpha value is -1.84. The summed E-state index contributed by atoms with van der Waals surface area (Å²) in [4.78, 5) is 22.3. The lowest BCUT2D eigenvalue weighted by Gasteiger charge is -2.34. The summed E-state index contributed by atoms with van der Waals surface area (Å²) >= 11 is 1.68. The number of morpholine rings is 1. The highest BCUT2D eigenvalue weighted by Crippen LogP contribution is 2.47. The number of nitrogens with one attached hydrogen (secondary N) is 1. The van der Waals surface area contributed by atoms with Crippen molar-refractivity contribution in [2.24, 2.45) is 0 Å². The normalized spacial score (nSPS) is 26.4. The van der Waals surface area contributed by atoms with Crippen molar-refractivity contribution in [3.8, 4) is 0 Å². The molecule has 2 aromatic rings. The third kappa shape index (κ3) is 4.27. The molecule has 3 aliphatic rings. The minimum Gasteiger partial charge on any atom is -0.379 e. The molecule has 7 nitrogen and oxygen atoms in total. The zero-order valence-electron chi connectivity index (χ0n) is 18.0. The quantitative estimate of drug-likeness (QED) is 0.737. The van der Waals surface area contributed by atoms with Gasteiger partial charge in [-0.05, 0) is 18.1 Å². The second kappa shape index (κ2) is 8.96. The van der Waals surface area contributed by atoms with E-state index in [0.29, 0.717) is 19.6 Å². The fourth-order valence-corrected chi connectivity index (χ4v) is 5.64. The van der Waals surface area contributed by atoms with E-state index >= 15 is 0 Å². The van der Waals surface area contributed by atoms with Crippen LogP contribution < -0.4 is 5.32 Å². The first-order chi connectivity index (χ1) is 15.1. The molecule has 8 heteroatoms. The van der Waals surface area contributed by atoms with E-state index in [1.165, 1.54) is 11.1 Å². The summed E-state index contributed by atoms with van der Waals surface area (Å²) in [5, 5.41) is 6.32. The van der Waals surface area contributed by atoms with Crippen LogP contribution >= 0.6 is 11.3 Å². The van der Waals surface area contributed by atoms with Gasteiger partial charge in [-0.2, -0.15) is 0 Å². The summed E-state index contributed by atoms with van der Waals surface area (Å²) in [6, 6.07) is 8.57. The summed E-state index contributed by atoms with van der Waals surface area (Å²) in [6.45, 7) is 9.12. The van der Waals surface area contributed by atoms with Gasteiger partial charge < -0.3 is 14.8 Å². The van der Waals surface area contributed by atoms with Crippen molar-refractivity contribution in [1.82, 2.24) is 20.1 Å². The first-order valence-corrected chi connectivity index (χ1v) is 12.0. The maximum absolute atomic E-state index is 12.9. The van der Waals surface area contributed by atoms with Gasteiger partial charge in [0.05, 0.1) is 36.1 Å². The van der Waals surface area contributed by atoms with Gasteiger partial charge in [0.25, 0.3) is 0 Å². The van der Waals surface area contributed by atoms with E-state index in [4.69, 9.17) is 9.47 Å². The van der Waals surface area contributed by atoms with Crippen molar-refractivity contribution in [3.05, 3.63) is 51.5 Å². The monoisotopic (exact) mass is 442 g/mol. The Labute approximate surface area is 187 Å². The van der Waals surface area contributed by atoms with Gasteiger partial charge in [0, 0.05) is 51.1 Å². The molecule has 3 aliphatic heterocycles. The van der Waals surface area contributed by atoms with Crippen LogP contribution in [0.4, 0.5) is 0 Å². The summed E-state index contributed by atoms with van der Waals surface area (Å²) in [5.74, 6) is -0.000955. The maximum Gasteiger partial charge on any atom is 0.249 e. The predicted octanol–water partition coefficient (Wildman–Crippen LogP) is 1.90. The number of ether oxygens (including phenoxy) is 2. The number of thiazole rings is 1. The van der Waals surface area contributed by atoms with Gasteiger partial charge in [-0.3, -0.25) is 14.6 Å². The summed E-state index contributed by atoms with van der Waals surface area (Å²) < 4.78 is 11.5. The zero-order valence-corrected chi connectivity index (χ0v) is 18.8. The number of hydrogen-bond donors (Lipinski definition) is 1. The van der Waals surface area contributed by atoms with E-state index in [-0.39, 0.29) is 11.4 Å². The Morgan fingerprint density at radius 1 is 1.32 bits per heavy atom. The molecule has 1 amide bonds. The highest BCUT2D eigenvalue weighted by atomic mass is 32.1. The molecular weight excluding hydrogens is 412 g/mol. The van der Waals surface area contributed by atoms with E-state index in [2.05, 4.69) is 49.7 Å². The molecule has 1 aromatic heterocycles. The van der Waals surface area contributed by atoms with Crippen LogP contribution in [0.2, 0.25) is 0 Å². The van der Waals surface area contributed by atoms with Crippen molar-refractivity contribution < 1.29 is 14.3 Å². The van der Waals surface area contributed by atoms with Crippen molar-refractivity contribution in [3.63, 3.8) is 0 Å². The van der Waals surface area contributed by atoms with Gasteiger partial charge in [0.2, 0.25) is 5.91 Å². The first kappa shape index (κ1) is 21.0. The van der Waals surface area contributed by atoms with E-state index in [9.17, 15) is 4.79 Å². The molecular formula is C23H30N4O3S. The van der Waals surface area contributed by atoms with E-state index in [1.807, 2.05) is 6.92 Å². The maximum atomic E-state index is 12.9. The van der Waals surface area contributed by atoms with Gasteiger partial charge in [-0.15, -0.1) is 11.3 Å². The van der Waals surface area contributed by atoms with Crippen LogP contribution in [-0.2, 0) is 32.9 Å². The van der Waals surface area contributed by atoms with Crippen LogP contribution in [0.3, 0.4) is 0 Å². The Morgan fingerprint density at radius 2 is 2.16 bits per heavy atom. The molecule has 1 aromatic carbocycles. The molecule has 2 fully saturated rings. The molecule has 2 saturated heterocycles. The lowest BCUT2D eigenvalue weighted by Crippen LogP contribution is -2.44. The fourth-order valence-electron chi connectivity index (χ4n) is 5.04. The highest BCUT2D eigenvalue weighted by molar-refractivity contribution is 7.09. The minimum absolute atomic E-state index is 0.000955. The summed E-state index contributed by atoms with van der Waals surface area (Å²) in [7, 11) is 0. The SMILES string of the molecule is Cc1nc(CN2Cc3ccccc3C23COC(C(=O)NCCN2CCOCC2)C3)cs1. The van der Waals surface area contributed by atoms with Crippen LogP contribution in [0.25, 0.3) is 0 Å². The zero-order chi connectivity index (χ0) is 21.3. The number of carbonyl (C=O) groups is 1. The number of fused-ring (bicyclic) bond motifs is 2. The third-order valence-electron chi connectivity index (χ3n) is 6.67. The van der Waals surface area contributed by atoms with Crippen LogP contribution in [0.1, 0.15) is 28.2 Å². The number of nitrogens with zero attached hydrogens (tertiary/aromatic N) is 3. The fraction of sp³-hybridized carbons (Fsp3) is 0.565. The second-order valence-corrected chi connectivity index (χ2v) is 9.71. The molecule has 5 rings (SSSR count). The number of aromatic nitrogens is 1. The van der Waals surface area contributed by atoms with Crippen molar-refractivity contribution in [2.75, 3.05) is 46.0 Å². The Balaban J connectivity index is 1.26. The van der Waals surface area contributed by atoms with Crippen molar-refractivity contribution in [2.45, 2.75) is 38.1 Å². The average Bonchev–Trinajstić information content (AvgIpc) is 3.49. The molecule has 0 saturated carbocycles. The number of aryl methyl sites for hydroxylation is 1. The third-order valence-corrected chi connectivity index (χ3v) is 7.50. The van der Waals surface area contributed by atoms with E-state index in [0.717, 1.165) is 56.6 Å². The molecule has 2 unspecified atom stereocenters. The average molecular weight is 443 g/mol. The standard InChI is InChI=1S/C23H30N4O3S/c1-17-25-19(15-31-17)14-27-13-18-4-2-3-5-20(18)23(27)12-21(30-16-23)22(28)24-6-7-26-8-10-29-11-9-26/h2-5,15,21H,6-14,16H2,1H3,(H,24,28). The topological polar surface area (TPSA) is 66.9 Å². The summed E-state index contributed by atoms with van der Waals surface area (Å²) in [5.41, 5.74) is 3.45.